The summed E-state index contributed by atoms with van der Waals surface area (Å²) in [6, 6.07) is 17.6. The lowest BCUT2D eigenvalue weighted by Gasteiger charge is -2.24. The van der Waals surface area contributed by atoms with Gasteiger partial charge in [0.2, 0.25) is 5.91 Å². The Hall–Kier alpha value is -3.15. The average Bonchev–Trinajstić information content (AvgIpc) is 2.77. The van der Waals surface area contributed by atoms with Gasteiger partial charge in [0.25, 0.3) is 0 Å². The van der Waals surface area contributed by atoms with Crippen LogP contribution in [0, 0.1) is 11.8 Å². The summed E-state index contributed by atoms with van der Waals surface area (Å²) in [5, 5.41) is 21.5. The summed E-state index contributed by atoms with van der Waals surface area (Å²) in [4.78, 5) is 35.5. The number of amides is 1. The van der Waals surface area contributed by atoms with Crippen molar-refractivity contribution in [3.05, 3.63) is 60.2 Å². The molecule has 32 heavy (non-hydrogen) atoms. The molecule has 2 aromatic carbocycles. The van der Waals surface area contributed by atoms with E-state index in [9.17, 15) is 24.6 Å². The minimum Gasteiger partial charge on any atom is -0.481 e. The van der Waals surface area contributed by atoms with Crippen LogP contribution in [-0.2, 0) is 20.8 Å². The van der Waals surface area contributed by atoms with E-state index in [1.54, 1.807) is 6.92 Å². The maximum atomic E-state index is 12.9. The van der Waals surface area contributed by atoms with Gasteiger partial charge in [-0.3, -0.25) is 14.4 Å². The zero-order valence-electron chi connectivity index (χ0n) is 18.8. The molecule has 3 atom stereocenters. The predicted octanol–water partition coefficient (Wildman–Crippen LogP) is 4.77. The standard InChI is InChI=1S/C26H33NO5/c1-3-4-8-22(17-24(28)29)25(30)27-23(15-18(2)26(31)32)16-19-11-13-21(14-12-19)20-9-6-5-7-10-20/h5-7,9-14,18,22-23H,3-4,8,15-17H2,1-2H3,(H,27,30)(H,28,29)(H,31,32)/t18?,22-,23?/m0/s1. The first-order valence-corrected chi connectivity index (χ1v) is 11.2. The Morgan fingerprint density at radius 3 is 2.12 bits per heavy atom. The highest BCUT2D eigenvalue weighted by molar-refractivity contribution is 5.83. The number of benzene rings is 2. The van der Waals surface area contributed by atoms with Crippen molar-refractivity contribution in [2.45, 2.75) is 58.4 Å². The summed E-state index contributed by atoms with van der Waals surface area (Å²) in [6.45, 7) is 3.61. The molecular weight excluding hydrogens is 406 g/mol. The number of unbranched alkanes of at least 4 members (excludes halogenated alkanes) is 1. The topological polar surface area (TPSA) is 104 Å². The molecule has 2 unspecified atom stereocenters. The van der Waals surface area contributed by atoms with Crippen molar-refractivity contribution >= 4 is 17.8 Å². The average molecular weight is 440 g/mol. The summed E-state index contributed by atoms with van der Waals surface area (Å²) < 4.78 is 0. The Kier molecular flexibility index (Phi) is 9.92. The van der Waals surface area contributed by atoms with Gasteiger partial charge in [-0.05, 0) is 36.0 Å². The van der Waals surface area contributed by atoms with Crippen LogP contribution in [0.1, 0.15) is 51.5 Å². The van der Waals surface area contributed by atoms with Crippen LogP contribution >= 0.6 is 0 Å². The molecule has 0 aliphatic rings. The fraction of sp³-hybridized carbons (Fsp3) is 0.423. The second kappa shape index (κ2) is 12.6. The number of carboxylic acid groups (broad SMARTS) is 2. The summed E-state index contributed by atoms with van der Waals surface area (Å²) in [5.41, 5.74) is 3.17. The molecule has 172 valence electrons. The van der Waals surface area contributed by atoms with E-state index >= 15 is 0 Å². The van der Waals surface area contributed by atoms with Crippen molar-refractivity contribution in [3.8, 4) is 11.1 Å². The van der Waals surface area contributed by atoms with E-state index in [2.05, 4.69) is 5.32 Å². The van der Waals surface area contributed by atoms with E-state index in [1.807, 2.05) is 61.5 Å². The molecular formula is C26H33NO5. The molecule has 0 heterocycles. The van der Waals surface area contributed by atoms with Gasteiger partial charge < -0.3 is 15.5 Å². The van der Waals surface area contributed by atoms with E-state index in [0.717, 1.165) is 29.5 Å². The molecule has 0 aliphatic carbocycles. The van der Waals surface area contributed by atoms with Gasteiger partial charge >= 0.3 is 11.9 Å². The van der Waals surface area contributed by atoms with Gasteiger partial charge in [0.1, 0.15) is 0 Å². The Balaban J connectivity index is 2.14. The second-order valence-electron chi connectivity index (χ2n) is 8.38. The Morgan fingerprint density at radius 2 is 1.56 bits per heavy atom. The van der Waals surface area contributed by atoms with Gasteiger partial charge in [-0.25, -0.2) is 0 Å². The maximum Gasteiger partial charge on any atom is 0.306 e. The summed E-state index contributed by atoms with van der Waals surface area (Å²) in [5.74, 6) is -3.48. The zero-order chi connectivity index (χ0) is 23.5. The van der Waals surface area contributed by atoms with E-state index in [1.165, 1.54) is 0 Å². The van der Waals surface area contributed by atoms with E-state index in [4.69, 9.17) is 0 Å². The van der Waals surface area contributed by atoms with Gasteiger partial charge in [0.05, 0.1) is 12.3 Å². The molecule has 0 aromatic heterocycles. The molecule has 0 fully saturated rings. The van der Waals surface area contributed by atoms with Gasteiger partial charge in [-0.1, -0.05) is 81.3 Å². The maximum absolute atomic E-state index is 12.9. The molecule has 0 bridgehead atoms. The monoisotopic (exact) mass is 439 g/mol. The lowest BCUT2D eigenvalue weighted by molar-refractivity contribution is -0.142. The molecule has 0 radical (unpaired) electrons. The lowest BCUT2D eigenvalue weighted by atomic mass is 9.93. The molecule has 0 saturated carbocycles. The highest BCUT2D eigenvalue weighted by Gasteiger charge is 2.26. The fourth-order valence-electron chi connectivity index (χ4n) is 3.78. The van der Waals surface area contributed by atoms with Crippen LogP contribution in [0.5, 0.6) is 0 Å². The third kappa shape index (κ3) is 8.17. The number of hydrogen-bond donors (Lipinski definition) is 3. The molecule has 2 rings (SSSR count). The van der Waals surface area contributed by atoms with Gasteiger partial charge in [-0.2, -0.15) is 0 Å². The number of carboxylic acids is 2. The van der Waals surface area contributed by atoms with Gasteiger partial charge in [0.15, 0.2) is 0 Å². The number of hydrogen-bond acceptors (Lipinski definition) is 3. The minimum absolute atomic E-state index is 0.223. The number of aliphatic carboxylic acids is 2. The van der Waals surface area contributed by atoms with Crippen molar-refractivity contribution in [1.29, 1.82) is 0 Å². The quantitative estimate of drug-likeness (QED) is 0.417. The smallest absolute Gasteiger partial charge is 0.306 e. The van der Waals surface area contributed by atoms with E-state index in [-0.39, 0.29) is 18.7 Å². The molecule has 0 saturated heterocycles. The Bertz CT molecular complexity index is 879. The Labute approximate surface area is 189 Å². The molecule has 1 amide bonds. The summed E-state index contributed by atoms with van der Waals surface area (Å²) in [6.07, 6.45) is 2.67. The first-order valence-electron chi connectivity index (χ1n) is 11.2. The third-order valence-corrected chi connectivity index (χ3v) is 5.65. The number of rotatable bonds is 13. The number of carbonyl (C=O) groups is 3. The van der Waals surface area contributed by atoms with E-state index < -0.39 is 29.8 Å². The first-order chi connectivity index (χ1) is 15.3. The van der Waals surface area contributed by atoms with Crippen LogP contribution in [-0.4, -0.2) is 34.1 Å². The normalized spacial score (nSPS) is 13.7. The summed E-state index contributed by atoms with van der Waals surface area (Å²) >= 11 is 0. The molecule has 6 nitrogen and oxygen atoms in total. The highest BCUT2D eigenvalue weighted by atomic mass is 16.4. The number of carbonyl (C=O) groups excluding carboxylic acids is 1. The van der Waals surface area contributed by atoms with Crippen molar-refractivity contribution in [2.24, 2.45) is 11.8 Å². The molecule has 6 heteroatoms. The predicted molar refractivity (Wildman–Crippen MR) is 124 cm³/mol. The summed E-state index contributed by atoms with van der Waals surface area (Å²) in [7, 11) is 0. The van der Waals surface area contributed by atoms with Crippen molar-refractivity contribution in [1.82, 2.24) is 5.32 Å². The van der Waals surface area contributed by atoms with Crippen molar-refractivity contribution < 1.29 is 24.6 Å². The molecule has 0 aliphatic heterocycles. The SMILES string of the molecule is CCCC[C@@H](CC(=O)O)C(=O)NC(Cc1ccc(-c2ccccc2)cc1)CC(C)C(=O)O. The van der Waals surface area contributed by atoms with Crippen LogP contribution in [0.3, 0.4) is 0 Å². The zero-order valence-corrected chi connectivity index (χ0v) is 18.8. The van der Waals surface area contributed by atoms with Gasteiger partial charge in [0, 0.05) is 12.0 Å². The van der Waals surface area contributed by atoms with Crippen LogP contribution in [0.4, 0.5) is 0 Å². The minimum atomic E-state index is -1.01. The molecule has 2 aromatic rings. The fourth-order valence-corrected chi connectivity index (χ4v) is 3.78. The highest BCUT2D eigenvalue weighted by Crippen LogP contribution is 2.21. The first kappa shape index (κ1) is 25.1. The molecule has 3 N–H and O–H groups in total. The largest absolute Gasteiger partial charge is 0.481 e. The van der Waals surface area contributed by atoms with Crippen LogP contribution in [0.25, 0.3) is 11.1 Å². The van der Waals surface area contributed by atoms with Crippen LogP contribution < -0.4 is 5.32 Å². The van der Waals surface area contributed by atoms with E-state index in [0.29, 0.717) is 12.8 Å². The second-order valence-corrected chi connectivity index (χ2v) is 8.38. The number of nitrogens with one attached hydrogen (secondary N) is 1. The Morgan fingerprint density at radius 1 is 0.938 bits per heavy atom. The third-order valence-electron chi connectivity index (χ3n) is 5.65. The van der Waals surface area contributed by atoms with Crippen LogP contribution in [0.15, 0.2) is 54.6 Å². The van der Waals surface area contributed by atoms with Crippen LogP contribution in [0.2, 0.25) is 0 Å². The van der Waals surface area contributed by atoms with Gasteiger partial charge in [-0.15, -0.1) is 0 Å². The van der Waals surface area contributed by atoms with Crippen molar-refractivity contribution in [2.75, 3.05) is 0 Å². The molecule has 0 spiro atoms. The van der Waals surface area contributed by atoms with Crippen molar-refractivity contribution in [3.63, 3.8) is 0 Å². The lowest BCUT2D eigenvalue weighted by Crippen LogP contribution is -2.42.